The SMILES string of the molecule is Cc1ccc(Oc2ccc(NC(=O)c3nc(C)n(-c4ncn[nH]4)n3)cn2)cc1. The monoisotopic (exact) mass is 376 g/mol. The maximum absolute atomic E-state index is 12.4. The van der Waals surface area contributed by atoms with Crippen molar-refractivity contribution in [2.45, 2.75) is 13.8 Å². The van der Waals surface area contributed by atoms with Crippen LogP contribution in [0.2, 0.25) is 0 Å². The first kappa shape index (κ1) is 17.3. The molecule has 10 nitrogen and oxygen atoms in total. The van der Waals surface area contributed by atoms with Gasteiger partial charge in [-0.2, -0.15) is 14.8 Å². The first-order chi connectivity index (χ1) is 13.6. The van der Waals surface area contributed by atoms with E-state index in [0.29, 0.717) is 29.1 Å². The number of aryl methyl sites for hydroxylation is 2. The molecule has 28 heavy (non-hydrogen) atoms. The fraction of sp³-hybridized carbons (Fsp3) is 0.111. The van der Waals surface area contributed by atoms with Crippen molar-refractivity contribution in [2.75, 3.05) is 5.32 Å². The van der Waals surface area contributed by atoms with Gasteiger partial charge in [-0.1, -0.05) is 17.7 Å². The Hall–Kier alpha value is -4.08. The van der Waals surface area contributed by atoms with Crippen molar-refractivity contribution in [3.05, 3.63) is 66.1 Å². The maximum atomic E-state index is 12.4. The van der Waals surface area contributed by atoms with Crippen LogP contribution in [0.25, 0.3) is 5.95 Å². The number of nitrogens with one attached hydrogen (secondary N) is 2. The summed E-state index contributed by atoms with van der Waals surface area (Å²) in [5.74, 6) is 1.53. The van der Waals surface area contributed by atoms with Crippen molar-refractivity contribution in [3.63, 3.8) is 0 Å². The number of nitrogens with zero attached hydrogens (tertiary/aromatic N) is 6. The second kappa shape index (κ2) is 7.27. The summed E-state index contributed by atoms with van der Waals surface area (Å²) in [6, 6.07) is 11.0. The Morgan fingerprint density at radius 2 is 1.93 bits per heavy atom. The fourth-order valence-corrected chi connectivity index (χ4v) is 2.42. The summed E-state index contributed by atoms with van der Waals surface area (Å²) in [6.07, 6.45) is 2.85. The number of ether oxygens (including phenoxy) is 1. The van der Waals surface area contributed by atoms with Crippen LogP contribution in [0, 0.1) is 13.8 Å². The zero-order chi connectivity index (χ0) is 19.5. The zero-order valence-corrected chi connectivity index (χ0v) is 15.1. The third-order valence-electron chi connectivity index (χ3n) is 3.81. The third-order valence-corrected chi connectivity index (χ3v) is 3.81. The van der Waals surface area contributed by atoms with Crippen LogP contribution in [0.3, 0.4) is 0 Å². The Balaban J connectivity index is 1.43. The molecule has 0 aliphatic rings. The van der Waals surface area contributed by atoms with Gasteiger partial charge in [0.05, 0.1) is 11.9 Å². The van der Waals surface area contributed by atoms with Gasteiger partial charge in [0.2, 0.25) is 17.7 Å². The van der Waals surface area contributed by atoms with E-state index >= 15 is 0 Å². The van der Waals surface area contributed by atoms with Crippen LogP contribution in [-0.2, 0) is 0 Å². The molecular formula is C18H16N8O2. The topological polar surface area (TPSA) is 124 Å². The van der Waals surface area contributed by atoms with Crippen LogP contribution < -0.4 is 10.1 Å². The molecule has 0 atom stereocenters. The highest BCUT2D eigenvalue weighted by Crippen LogP contribution is 2.21. The lowest BCUT2D eigenvalue weighted by atomic mass is 10.2. The number of carbonyl (C=O) groups excluding carboxylic acids is 1. The molecule has 10 heteroatoms. The average Bonchev–Trinajstić information content (AvgIpc) is 3.34. The molecule has 0 bridgehead atoms. The van der Waals surface area contributed by atoms with Crippen molar-refractivity contribution in [1.82, 2.24) is 34.9 Å². The summed E-state index contributed by atoms with van der Waals surface area (Å²) in [6.45, 7) is 3.72. The molecule has 0 spiro atoms. The van der Waals surface area contributed by atoms with E-state index in [-0.39, 0.29) is 5.82 Å². The highest BCUT2D eigenvalue weighted by Gasteiger charge is 2.16. The Morgan fingerprint density at radius 3 is 2.61 bits per heavy atom. The van der Waals surface area contributed by atoms with E-state index in [1.807, 2.05) is 31.2 Å². The van der Waals surface area contributed by atoms with Crippen molar-refractivity contribution >= 4 is 11.6 Å². The molecule has 0 saturated carbocycles. The minimum atomic E-state index is -0.463. The van der Waals surface area contributed by atoms with E-state index in [4.69, 9.17) is 4.74 Å². The number of H-pyrrole nitrogens is 1. The second-order valence-corrected chi connectivity index (χ2v) is 5.96. The standard InChI is InChI=1S/C18H16N8O2/c1-11-3-6-14(7-4-11)28-15-8-5-13(9-19-15)23-17(27)16-22-12(2)26(25-16)18-20-10-21-24-18/h3-10H,1-2H3,(H,23,27)(H,20,21,24). The minimum absolute atomic E-state index is 0.00822. The van der Waals surface area contributed by atoms with Gasteiger partial charge in [-0.3, -0.25) is 4.79 Å². The molecule has 1 aromatic carbocycles. The number of pyridine rings is 1. The molecule has 3 heterocycles. The molecule has 4 aromatic rings. The van der Waals surface area contributed by atoms with Crippen molar-refractivity contribution < 1.29 is 9.53 Å². The number of carbonyl (C=O) groups is 1. The van der Waals surface area contributed by atoms with Gasteiger partial charge < -0.3 is 10.1 Å². The first-order valence-corrected chi connectivity index (χ1v) is 8.40. The molecule has 0 fully saturated rings. The summed E-state index contributed by atoms with van der Waals surface area (Å²) in [4.78, 5) is 24.7. The van der Waals surface area contributed by atoms with Crippen LogP contribution in [0.1, 0.15) is 22.0 Å². The average molecular weight is 376 g/mol. The lowest BCUT2D eigenvalue weighted by molar-refractivity contribution is 0.101. The van der Waals surface area contributed by atoms with Gasteiger partial charge in [0, 0.05) is 6.07 Å². The molecule has 0 saturated heterocycles. The number of rotatable bonds is 5. The number of aromatic amines is 1. The molecule has 0 radical (unpaired) electrons. The van der Waals surface area contributed by atoms with E-state index in [1.54, 1.807) is 19.1 Å². The highest BCUT2D eigenvalue weighted by atomic mass is 16.5. The predicted molar refractivity (Wildman–Crippen MR) is 99.5 cm³/mol. The largest absolute Gasteiger partial charge is 0.439 e. The normalized spacial score (nSPS) is 10.6. The lowest BCUT2D eigenvalue weighted by Crippen LogP contribution is -2.14. The van der Waals surface area contributed by atoms with E-state index in [9.17, 15) is 4.79 Å². The van der Waals surface area contributed by atoms with Crippen molar-refractivity contribution in [2.24, 2.45) is 0 Å². The van der Waals surface area contributed by atoms with E-state index in [2.05, 4.69) is 35.6 Å². The van der Waals surface area contributed by atoms with Gasteiger partial charge in [-0.25, -0.2) is 15.1 Å². The molecule has 0 aliphatic carbocycles. The fourth-order valence-electron chi connectivity index (χ4n) is 2.42. The summed E-state index contributed by atoms with van der Waals surface area (Å²) < 4.78 is 7.07. The summed E-state index contributed by atoms with van der Waals surface area (Å²) in [5, 5.41) is 13.3. The quantitative estimate of drug-likeness (QED) is 0.548. The molecule has 1 amide bonds. The predicted octanol–water partition coefficient (Wildman–Crippen LogP) is 2.44. The Kier molecular flexibility index (Phi) is 4.50. The summed E-state index contributed by atoms with van der Waals surface area (Å²) in [5.41, 5.74) is 1.64. The third kappa shape index (κ3) is 3.70. The Labute approximate surface area is 159 Å². The van der Waals surface area contributed by atoms with E-state index in [0.717, 1.165) is 5.56 Å². The number of hydrogen-bond acceptors (Lipinski definition) is 7. The number of amides is 1. The van der Waals surface area contributed by atoms with Gasteiger partial charge in [0.15, 0.2) is 0 Å². The molecule has 140 valence electrons. The minimum Gasteiger partial charge on any atom is -0.439 e. The van der Waals surface area contributed by atoms with Crippen LogP contribution in [0.5, 0.6) is 11.6 Å². The van der Waals surface area contributed by atoms with E-state index < -0.39 is 5.91 Å². The van der Waals surface area contributed by atoms with Gasteiger partial charge in [0.1, 0.15) is 17.9 Å². The highest BCUT2D eigenvalue weighted by molar-refractivity contribution is 6.01. The summed E-state index contributed by atoms with van der Waals surface area (Å²) in [7, 11) is 0. The summed E-state index contributed by atoms with van der Waals surface area (Å²) >= 11 is 0. The first-order valence-electron chi connectivity index (χ1n) is 8.40. The van der Waals surface area contributed by atoms with Crippen molar-refractivity contribution in [1.29, 1.82) is 0 Å². The van der Waals surface area contributed by atoms with Crippen LogP contribution in [0.4, 0.5) is 5.69 Å². The lowest BCUT2D eigenvalue weighted by Gasteiger charge is -2.06. The maximum Gasteiger partial charge on any atom is 0.295 e. The Bertz CT molecular complexity index is 1090. The Morgan fingerprint density at radius 1 is 1.11 bits per heavy atom. The van der Waals surface area contributed by atoms with Crippen molar-refractivity contribution in [3.8, 4) is 17.6 Å². The molecule has 3 aromatic heterocycles. The van der Waals surface area contributed by atoms with Crippen LogP contribution in [-0.4, -0.2) is 40.8 Å². The number of benzene rings is 1. The van der Waals surface area contributed by atoms with Crippen LogP contribution >= 0.6 is 0 Å². The molecular weight excluding hydrogens is 360 g/mol. The van der Waals surface area contributed by atoms with Crippen LogP contribution in [0.15, 0.2) is 48.9 Å². The van der Waals surface area contributed by atoms with Gasteiger partial charge in [-0.05, 0) is 32.0 Å². The number of aromatic nitrogens is 7. The second-order valence-electron chi connectivity index (χ2n) is 5.96. The smallest absolute Gasteiger partial charge is 0.295 e. The van der Waals surface area contributed by atoms with Gasteiger partial charge in [-0.15, -0.1) is 5.10 Å². The number of hydrogen-bond donors (Lipinski definition) is 2. The molecule has 4 rings (SSSR count). The van der Waals surface area contributed by atoms with Gasteiger partial charge in [0.25, 0.3) is 5.91 Å². The van der Waals surface area contributed by atoms with E-state index in [1.165, 1.54) is 17.2 Å². The van der Waals surface area contributed by atoms with Gasteiger partial charge >= 0.3 is 0 Å². The molecule has 2 N–H and O–H groups in total. The zero-order valence-electron chi connectivity index (χ0n) is 15.1. The molecule has 0 aliphatic heterocycles. The molecule has 0 unspecified atom stereocenters. The number of anilines is 1.